The molecule has 0 unspecified atom stereocenters. The Kier molecular flexibility index (Phi) is 7.60. The van der Waals surface area contributed by atoms with E-state index < -0.39 is 0 Å². The number of carbonyl (C=O) groups excluding carboxylic acids is 1. The second-order valence-corrected chi connectivity index (χ2v) is 8.39. The fourth-order valence-corrected chi connectivity index (χ4v) is 4.40. The molecular formula is C22H23IN2O3S. The van der Waals surface area contributed by atoms with Crippen LogP contribution in [0.15, 0.2) is 46.3 Å². The molecule has 0 radical (unpaired) electrons. The van der Waals surface area contributed by atoms with Gasteiger partial charge in [-0.3, -0.25) is 4.79 Å². The zero-order valence-electron chi connectivity index (χ0n) is 16.6. The van der Waals surface area contributed by atoms with Crippen LogP contribution in [0.25, 0.3) is 6.08 Å². The highest BCUT2D eigenvalue weighted by Crippen LogP contribution is 2.36. The Hall–Kier alpha value is -2.00. The summed E-state index contributed by atoms with van der Waals surface area (Å²) in [5.74, 6) is 1.26. The van der Waals surface area contributed by atoms with E-state index in [0.717, 1.165) is 27.0 Å². The van der Waals surface area contributed by atoms with Crippen molar-refractivity contribution in [2.75, 3.05) is 13.2 Å². The van der Waals surface area contributed by atoms with Gasteiger partial charge < -0.3 is 14.8 Å². The summed E-state index contributed by atoms with van der Waals surface area (Å²) in [5, 5.41) is 3.42. The van der Waals surface area contributed by atoms with E-state index in [1.165, 1.54) is 17.3 Å². The third-order valence-corrected chi connectivity index (χ3v) is 5.86. The van der Waals surface area contributed by atoms with Gasteiger partial charge in [-0.2, -0.15) is 0 Å². The summed E-state index contributed by atoms with van der Waals surface area (Å²) >= 11 is 3.56. The maximum absolute atomic E-state index is 12.4. The standard InChI is InChI=1S/C22H23IN2O3S/c1-4-14-7-9-16(10-8-14)24-22-25-21(26)19(29-22)13-15-11-17(23)20(28-6-3)18(12-15)27-5-2/h7-13H,4-6H2,1-3H3,(H,24,25,26)/b19-13-. The number of hydrogen-bond donors (Lipinski definition) is 1. The average molecular weight is 522 g/mol. The molecule has 1 N–H and O–H groups in total. The van der Waals surface area contributed by atoms with E-state index in [1.807, 2.05) is 44.2 Å². The van der Waals surface area contributed by atoms with Gasteiger partial charge in [-0.15, -0.1) is 0 Å². The number of rotatable bonds is 7. The van der Waals surface area contributed by atoms with Crippen molar-refractivity contribution >= 4 is 57.2 Å². The number of amides is 1. The summed E-state index contributed by atoms with van der Waals surface area (Å²) in [5.41, 5.74) is 2.96. The lowest BCUT2D eigenvalue weighted by Gasteiger charge is -2.13. The van der Waals surface area contributed by atoms with Crippen LogP contribution in [0.4, 0.5) is 5.69 Å². The molecule has 1 fully saturated rings. The first-order chi connectivity index (χ1) is 14.0. The van der Waals surface area contributed by atoms with E-state index in [9.17, 15) is 4.79 Å². The zero-order chi connectivity index (χ0) is 20.8. The highest BCUT2D eigenvalue weighted by Gasteiger charge is 2.24. The van der Waals surface area contributed by atoms with E-state index >= 15 is 0 Å². The van der Waals surface area contributed by atoms with Gasteiger partial charge in [-0.05, 0) is 96.1 Å². The van der Waals surface area contributed by atoms with Crippen LogP contribution in [0, 0.1) is 3.57 Å². The lowest BCUT2D eigenvalue weighted by Crippen LogP contribution is -2.19. The highest BCUT2D eigenvalue weighted by molar-refractivity contribution is 14.1. The van der Waals surface area contributed by atoms with Crippen LogP contribution < -0.4 is 14.8 Å². The second kappa shape index (κ2) is 10.2. The van der Waals surface area contributed by atoms with Crippen molar-refractivity contribution in [3.8, 4) is 11.5 Å². The van der Waals surface area contributed by atoms with E-state index in [4.69, 9.17) is 9.47 Å². The Labute approximate surface area is 189 Å². The summed E-state index contributed by atoms with van der Waals surface area (Å²) in [4.78, 5) is 17.5. The molecule has 0 aromatic heterocycles. The minimum atomic E-state index is -0.152. The molecule has 152 valence electrons. The van der Waals surface area contributed by atoms with Gasteiger partial charge in [-0.1, -0.05) is 19.1 Å². The second-order valence-electron chi connectivity index (χ2n) is 6.20. The molecule has 1 saturated heterocycles. The molecule has 29 heavy (non-hydrogen) atoms. The van der Waals surface area contributed by atoms with Gasteiger partial charge in [0.05, 0.1) is 27.4 Å². The van der Waals surface area contributed by atoms with Crippen molar-refractivity contribution in [2.45, 2.75) is 27.2 Å². The number of halogens is 1. The van der Waals surface area contributed by atoms with Gasteiger partial charge in [0.25, 0.3) is 5.91 Å². The van der Waals surface area contributed by atoms with Crippen molar-refractivity contribution in [3.05, 3.63) is 56.0 Å². The summed E-state index contributed by atoms with van der Waals surface area (Å²) in [6.07, 6.45) is 2.84. The minimum absolute atomic E-state index is 0.152. The summed E-state index contributed by atoms with van der Waals surface area (Å²) in [6, 6.07) is 11.9. The molecule has 0 spiro atoms. The fraction of sp³-hybridized carbons (Fsp3) is 0.273. The predicted molar refractivity (Wildman–Crippen MR) is 128 cm³/mol. The normalized spacial score (nSPS) is 16.3. The van der Waals surface area contributed by atoms with Gasteiger partial charge in [0.2, 0.25) is 0 Å². The Morgan fingerprint density at radius 3 is 2.48 bits per heavy atom. The quantitative estimate of drug-likeness (QED) is 0.383. The molecule has 2 aromatic rings. The predicted octanol–water partition coefficient (Wildman–Crippen LogP) is 5.54. The number of aliphatic imine (C=N–C) groups is 1. The van der Waals surface area contributed by atoms with Crippen molar-refractivity contribution in [1.82, 2.24) is 5.32 Å². The van der Waals surface area contributed by atoms with Gasteiger partial charge in [-0.25, -0.2) is 4.99 Å². The van der Waals surface area contributed by atoms with E-state index in [2.05, 4.69) is 52.0 Å². The third kappa shape index (κ3) is 5.54. The molecule has 1 aliphatic rings. The number of benzene rings is 2. The monoisotopic (exact) mass is 522 g/mol. The number of carbonyl (C=O) groups is 1. The average Bonchev–Trinajstić information content (AvgIpc) is 3.04. The molecule has 5 nitrogen and oxygen atoms in total. The van der Waals surface area contributed by atoms with E-state index in [0.29, 0.717) is 29.0 Å². The Morgan fingerprint density at radius 1 is 1.10 bits per heavy atom. The molecule has 0 atom stereocenters. The number of nitrogens with one attached hydrogen (secondary N) is 1. The molecular weight excluding hydrogens is 499 g/mol. The number of hydrogen-bond acceptors (Lipinski definition) is 5. The number of nitrogens with zero attached hydrogens (tertiary/aromatic N) is 1. The maximum Gasteiger partial charge on any atom is 0.264 e. The van der Waals surface area contributed by atoms with Gasteiger partial charge in [0, 0.05) is 0 Å². The maximum atomic E-state index is 12.4. The number of amidine groups is 1. The molecule has 0 aliphatic carbocycles. The first kappa shape index (κ1) is 21.7. The minimum Gasteiger partial charge on any atom is -0.490 e. The molecule has 1 aliphatic heterocycles. The summed E-state index contributed by atoms with van der Waals surface area (Å²) in [7, 11) is 0. The largest absolute Gasteiger partial charge is 0.490 e. The van der Waals surface area contributed by atoms with Crippen molar-refractivity contribution in [3.63, 3.8) is 0 Å². The fourth-order valence-electron chi connectivity index (χ4n) is 2.77. The van der Waals surface area contributed by atoms with Gasteiger partial charge in [0.1, 0.15) is 0 Å². The van der Waals surface area contributed by atoms with Crippen LogP contribution in [-0.4, -0.2) is 24.3 Å². The lowest BCUT2D eigenvalue weighted by molar-refractivity contribution is -0.115. The zero-order valence-corrected chi connectivity index (χ0v) is 19.6. The molecule has 1 heterocycles. The lowest BCUT2D eigenvalue weighted by atomic mass is 10.2. The van der Waals surface area contributed by atoms with Crippen LogP contribution in [0.1, 0.15) is 31.9 Å². The molecule has 7 heteroatoms. The van der Waals surface area contributed by atoms with Crippen molar-refractivity contribution in [2.24, 2.45) is 4.99 Å². The van der Waals surface area contributed by atoms with E-state index in [-0.39, 0.29) is 5.91 Å². The summed E-state index contributed by atoms with van der Waals surface area (Å²) in [6.45, 7) is 7.10. The smallest absolute Gasteiger partial charge is 0.264 e. The van der Waals surface area contributed by atoms with E-state index in [1.54, 1.807) is 0 Å². The number of thioether (sulfide) groups is 1. The van der Waals surface area contributed by atoms with Gasteiger partial charge >= 0.3 is 0 Å². The molecule has 2 aromatic carbocycles. The molecule has 3 rings (SSSR count). The molecule has 0 saturated carbocycles. The topological polar surface area (TPSA) is 59.9 Å². The van der Waals surface area contributed by atoms with Crippen LogP contribution in [0.3, 0.4) is 0 Å². The molecule has 1 amide bonds. The van der Waals surface area contributed by atoms with Crippen LogP contribution in [-0.2, 0) is 11.2 Å². The first-order valence-corrected chi connectivity index (χ1v) is 11.4. The Morgan fingerprint density at radius 2 is 1.83 bits per heavy atom. The van der Waals surface area contributed by atoms with Gasteiger partial charge in [0.15, 0.2) is 16.7 Å². The van der Waals surface area contributed by atoms with Crippen LogP contribution >= 0.6 is 34.4 Å². The number of ether oxygens (including phenoxy) is 2. The SMILES string of the molecule is CCOc1cc(/C=C2\SC(=Nc3ccc(CC)cc3)NC2=O)cc(I)c1OCC. The van der Waals surface area contributed by atoms with Crippen molar-refractivity contribution in [1.29, 1.82) is 0 Å². The Balaban J connectivity index is 1.84. The first-order valence-electron chi connectivity index (χ1n) is 9.51. The van der Waals surface area contributed by atoms with Crippen LogP contribution in [0.5, 0.6) is 11.5 Å². The number of aryl methyl sites for hydroxylation is 1. The third-order valence-electron chi connectivity index (χ3n) is 4.14. The summed E-state index contributed by atoms with van der Waals surface area (Å²) < 4.78 is 12.4. The molecule has 0 bridgehead atoms. The van der Waals surface area contributed by atoms with Crippen LogP contribution in [0.2, 0.25) is 0 Å². The highest BCUT2D eigenvalue weighted by atomic mass is 127. The Bertz CT molecular complexity index is 955. The van der Waals surface area contributed by atoms with Crippen molar-refractivity contribution < 1.29 is 14.3 Å².